The summed E-state index contributed by atoms with van der Waals surface area (Å²) < 4.78 is 23.9. The number of carbonyl (C=O) groups is 1. The first-order valence-electron chi connectivity index (χ1n) is 9.03. The summed E-state index contributed by atoms with van der Waals surface area (Å²) in [6, 6.07) is 8.29. The van der Waals surface area contributed by atoms with Crippen molar-refractivity contribution in [2.75, 3.05) is 32.7 Å². The second kappa shape index (κ2) is 8.94. The van der Waals surface area contributed by atoms with Crippen LogP contribution in [0.5, 0.6) is 0 Å². The van der Waals surface area contributed by atoms with Gasteiger partial charge in [0.15, 0.2) is 0 Å². The van der Waals surface area contributed by atoms with Crippen LogP contribution in [-0.4, -0.2) is 56.3 Å². The van der Waals surface area contributed by atoms with E-state index in [1.54, 1.807) is 0 Å². The summed E-state index contributed by atoms with van der Waals surface area (Å²) in [5.41, 5.74) is 2.37. The van der Waals surface area contributed by atoms with Crippen LogP contribution in [0.2, 0.25) is 0 Å². The van der Waals surface area contributed by atoms with Crippen LogP contribution < -0.4 is 10.5 Å². The standard InChI is InChI=1S/C18H30N4O3S/c1-14(2)12-16-4-6-17(7-5-16)15(3)20-18(23)13-21-8-10-22(11-9-21)26(19,24)25/h4-7,14-15H,8-13H2,1-3H3,(H,20,23)(H2,19,24,25). The van der Waals surface area contributed by atoms with Crippen LogP contribution in [0.25, 0.3) is 0 Å². The van der Waals surface area contributed by atoms with Crippen molar-refractivity contribution < 1.29 is 13.2 Å². The van der Waals surface area contributed by atoms with Gasteiger partial charge < -0.3 is 5.32 Å². The van der Waals surface area contributed by atoms with Crippen molar-refractivity contribution >= 4 is 16.1 Å². The number of piperazine rings is 1. The topological polar surface area (TPSA) is 95.7 Å². The molecule has 1 amide bonds. The summed E-state index contributed by atoms with van der Waals surface area (Å²) in [4.78, 5) is 14.2. The van der Waals surface area contributed by atoms with Gasteiger partial charge in [0.25, 0.3) is 10.2 Å². The third-order valence-corrected chi connectivity index (χ3v) is 5.64. The maximum atomic E-state index is 12.3. The lowest BCUT2D eigenvalue weighted by Gasteiger charge is -2.32. The van der Waals surface area contributed by atoms with E-state index >= 15 is 0 Å². The minimum Gasteiger partial charge on any atom is -0.348 e. The fourth-order valence-electron chi connectivity index (χ4n) is 3.13. The number of rotatable bonds is 7. The smallest absolute Gasteiger partial charge is 0.276 e. The van der Waals surface area contributed by atoms with Crippen molar-refractivity contribution in [2.45, 2.75) is 33.2 Å². The van der Waals surface area contributed by atoms with Gasteiger partial charge in [0, 0.05) is 26.2 Å². The lowest BCUT2D eigenvalue weighted by molar-refractivity contribution is -0.123. The third-order valence-electron chi connectivity index (χ3n) is 4.56. The number of nitrogens with one attached hydrogen (secondary N) is 1. The normalized spacial score (nSPS) is 18.0. The Morgan fingerprint density at radius 2 is 1.69 bits per heavy atom. The summed E-state index contributed by atoms with van der Waals surface area (Å²) in [5.74, 6) is 0.556. The molecular weight excluding hydrogens is 352 g/mol. The summed E-state index contributed by atoms with van der Waals surface area (Å²) in [6.45, 7) is 8.25. The Hall–Kier alpha value is -1.48. The molecule has 1 aromatic carbocycles. The van der Waals surface area contributed by atoms with E-state index in [9.17, 15) is 13.2 Å². The van der Waals surface area contributed by atoms with Crippen LogP contribution in [-0.2, 0) is 21.4 Å². The molecule has 1 aliphatic heterocycles. The highest BCUT2D eigenvalue weighted by Crippen LogP contribution is 2.15. The molecule has 0 bridgehead atoms. The van der Waals surface area contributed by atoms with E-state index in [2.05, 4.69) is 43.4 Å². The van der Waals surface area contributed by atoms with E-state index in [0.29, 0.717) is 32.1 Å². The van der Waals surface area contributed by atoms with E-state index in [0.717, 1.165) is 12.0 Å². The van der Waals surface area contributed by atoms with E-state index in [4.69, 9.17) is 5.14 Å². The first-order chi connectivity index (χ1) is 12.1. The SMILES string of the molecule is CC(C)Cc1ccc(C(C)NC(=O)CN2CCN(S(N)(=O)=O)CC2)cc1. The molecule has 1 aliphatic rings. The lowest BCUT2D eigenvalue weighted by atomic mass is 10.00. The molecule has 1 heterocycles. The fourth-order valence-corrected chi connectivity index (χ4v) is 3.80. The molecule has 1 saturated heterocycles. The van der Waals surface area contributed by atoms with Gasteiger partial charge in [0.2, 0.25) is 5.91 Å². The lowest BCUT2D eigenvalue weighted by Crippen LogP contribution is -2.52. The summed E-state index contributed by atoms with van der Waals surface area (Å²) in [7, 11) is -3.64. The van der Waals surface area contributed by atoms with Gasteiger partial charge in [-0.1, -0.05) is 38.1 Å². The Morgan fingerprint density at radius 1 is 1.12 bits per heavy atom. The Bertz CT molecular complexity index is 696. The first kappa shape index (κ1) is 20.8. The molecule has 0 aromatic heterocycles. The zero-order chi connectivity index (χ0) is 19.3. The van der Waals surface area contributed by atoms with Gasteiger partial charge in [-0.25, -0.2) is 5.14 Å². The highest BCUT2D eigenvalue weighted by atomic mass is 32.2. The van der Waals surface area contributed by atoms with Gasteiger partial charge in [-0.3, -0.25) is 9.69 Å². The van der Waals surface area contributed by atoms with Crippen LogP contribution >= 0.6 is 0 Å². The van der Waals surface area contributed by atoms with E-state index in [1.165, 1.54) is 9.87 Å². The molecule has 0 saturated carbocycles. The molecule has 26 heavy (non-hydrogen) atoms. The van der Waals surface area contributed by atoms with Gasteiger partial charge >= 0.3 is 0 Å². The van der Waals surface area contributed by atoms with Gasteiger partial charge in [-0.05, 0) is 30.4 Å². The van der Waals surface area contributed by atoms with Crippen LogP contribution in [0.1, 0.15) is 37.9 Å². The molecule has 1 atom stereocenters. The average Bonchev–Trinajstić information content (AvgIpc) is 2.54. The molecule has 0 aliphatic carbocycles. The molecule has 8 heteroatoms. The molecular formula is C18H30N4O3S. The van der Waals surface area contributed by atoms with Crippen molar-refractivity contribution in [3.8, 4) is 0 Å². The second-order valence-corrected chi connectivity index (χ2v) is 8.90. The Kier molecular flexibility index (Phi) is 7.16. The highest BCUT2D eigenvalue weighted by Gasteiger charge is 2.25. The monoisotopic (exact) mass is 382 g/mol. The quantitative estimate of drug-likeness (QED) is 0.732. The van der Waals surface area contributed by atoms with Crippen LogP contribution in [0.4, 0.5) is 0 Å². The Labute approximate surface area is 156 Å². The summed E-state index contributed by atoms with van der Waals surface area (Å²) in [5, 5.41) is 8.13. The zero-order valence-corrected chi connectivity index (χ0v) is 16.6. The number of hydrogen-bond acceptors (Lipinski definition) is 4. The predicted molar refractivity (Wildman–Crippen MR) is 103 cm³/mol. The number of nitrogens with two attached hydrogens (primary N) is 1. The summed E-state index contributed by atoms with van der Waals surface area (Å²) >= 11 is 0. The van der Waals surface area contributed by atoms with Crippen molar-refractivity contribution in [1.29, 1.82) is 0 Å². The molecule has 1 aromatic rings. The first-order valence-corrected chi connectivity index (χ1v) is 10.5. The molecule has 1 fully saturated rings. The Morgan fingerprint density at radius 3 is 2.19 bits per heavy atom. The van der Waals surface area contributed by atoms with E-state index in [1.807, 2.05) is 11.8 Å². The largest absolute Gasteiger partial charge is 0.348 e. The van der Waals surface area contributed by atoms with Gasteiger partial charge in [-0.2, -0.15) is 12.7 Å². The van der Waals surface area contributed by atoms with E-state index in [-0.39, 0.29) is 18.5 Å². The maximum absolute atomic E-state index is 12.3. The van der Waals surface area contributed by atoms with Gasteiger partial charge in [0.1, 0.15) is 0 Å². The molecule has 3 N–H and O–H groups in total. The molecule has 0 radical (unpaired) electrons. The van der Waals surface area contributed by atoms with Crippen LogP contribution in [0.15, 0.2) is 24.3 Å². The van der Waals surface area contributed by atoms with Crippen molar-refractivity contribution in [3.05, 3.63) is 35.4 Å². The number of benzene rings is 1. The Balaban J connectivity index is 1.80. The third kappa shape index (κ3) is 6.35. The molecule has 7 nitrogen and oxygen atoms in total. The predicted octanol–water partition coefficient (Wildman–Crippen LogP) is 0.883. The van der Waals surface area contributed by atoms with Crippen LogP contribution in [0, 0.1) is 5.92 Å². The minimum absolute atomic E-state index is 0.0622. The average molecular weight is 383 g/mol. The summed E-state index contributed by atoms with van der Waals surface area (Å²) in [6.07, 6.45) is 1.05. The van der Waals surface area contributed by atoms with Crippen molar-refractivity contribution in [1.82, 2.24) is 14.5 Å². The molecule has 1 unspecified atom stereocenters. The number of carbonyl (C=O) groups excluding carboxylic acids is 1. The van der Waals surface area contributed by atoms with Gasteiger partial charge in [-0.15, -0.1) is 0 Å². The molecule has 146 valence electrons. The fraction of sp³-hybridized carbons (Fsp3) is 0.611. The van der Waals surface area contributed by atoms with E-state index < -0.39 is 10.2 Å². The minimum atomic E-state index is -3.64. The van der Waals surface area contributed by atoms with Crippen LogP contribution in [0.3, 0.4) is 0 Å². The number of nitrogens with zero attached hydrogens (tertiary/aromatic N) is 2. The number of amides is 1. The zero-order valence-electron chi connectivity index (χ0n) is 15.8. The number of hydrogen-bond donors (Lipinski definition) is 2. The second-order valence-electron chi connectivity index (χ2n) is 7.35. The molecule has 0 spiro atoms. The highest BCUT2D eigenvalue weighted by molar-refractivity contribution is 7.86. The maximum Gasteiger partial charge on any atom is 0.276 e. The van der Waals surface area contributed by atoms with Crippen molar-refractivity contribution in [3.63, 3.8) is 0 Å². The van der Waals surface area contributed by atoms with Gasteiger partial charge in [0.05, 0.1) is 12.6 Å². The van der Waals surface area contributed by atoms with Crippen molar-refractivity contribution in [2.24, 2.45) is 11.1 Å². The molecule has 2 rings (SSSR count).